The van der Waals surface area contributed by atoms with E-state index in [2.05, 4.69) is 44.4 Å². The van der Waals surface area contributed by atoms with Crippen molar-refractivity contribution in [3.63, 3.8) is 0 Å². The lowest BCUT2D eigenvalue weighted by Crippen LogP contribution is -2.34. The van der Waals surface area contributed by atoms with Gasteiger partial charge in [0.2, 0.25) is 0 Å². The highest BCUT2D eigenvalue weighted by Gasteiger charge is 2.19. The van der Waals surface area contributed by atoms with Gasteiger partial charge >= 0.3 is 0 Å². The normalized spacial score (nSPS) is 14.2. The van der Waals surface area contributed by atoms with Crippen molar-refractivity contribution in [1.29, 1.82) is 0 Å². The van der Waals surface area contributed by atoms with Crippen LogP contribution in [0.5, 0.6) is 0 Å². The fourth-order valence-electron chi connectivity index (χ4n) is 2.99. The predicted molar refractivity (Wildman–Crippen MR) is 82.5 cm³/mol. The first-order valence-electron chi connectivity index (χ1n) is 7.59. The van der Waals surface area contributed by atoms with Crippen LogP contribution >= 0.6 is 0 Å². The van der Waals surface area contributed by atoms with Gasteiger partial charge in [0, 0.05) is 25.2 Å². The van der Waals surface area contributed by atoms with Crippen LogP contribution in [-0.2, 0) is 13.1 Å². The van der Waals surface area contributed by atoms with Crippen molar-refractivity contribution in [1.82, 2.24) is 10.6 Å². The average molecular weight is 274 g/mol. The molecule has 0 unspecified atom stereocenters. The molecule has 110 valence electrons. The van der Waals surface area contributed by atoms with Crippen molar-refractivity contribution in [2.24, 2.45) is 17.8 Å². The van der Waals surface area contributed by atoms with E-state index in [9.17, 15) is 4.79 Å². The van der Waals surface area contributed by atoms with E-state index in [1.165, 1.54) is 11.1 Å². The van der Waals surface area contributed by atoms with Crippen LogP contribution in [0.15, 0.2) is 18.2 Å². The minimum absolute atomic E-state index is 0.0472. The molecule has 0 saturated heterocycles. The summed E-state index contributed by atoms with van der Waals surface area (Å²) in [7, 11) is 0. The first kappa shape index (κ1) is 15.0. The fraction of sp³-hybridized carbons (Fsp3) is 0.588. The van der Waals surface area contributed by atoms with Crippen molar-refractivity contribution in [3.05, 3.63) is 34.9 Å². The van der Waals surface area contributed by atoms with Gasteiger partial charge in [-0.05, 0) is 41.0 Å². The van der Waals surface area contributed by atoms with Gasteiger partial charge in [-0.15, -0.1) is 0 Å². The zero-order valence-electron chi connectivity index (χ0n) is 13.0. The third-order valence-electron chi connectivity index (χ3n) is 4.31. The first-order chi connectivity index (χ1) is 9.49. The molecule has 0 bridgehead atoms. The molecule has 0 fully saturated rings. The van der Waals surface area contributed by atoms with Crippen molar-refractivity contribution in [2.45, 2.75) is 40.8 Å². The molecule has 3 heteroatoms. The molecule has 1 aromatic rings. The van der Waals surface area contributed by atoms with Gasteiger partial charge in [0.25, 0.3) is 5.91 Å². The van der Waals surface area contributed by atoms with Gasteiger partial charge < -0.3 is 10.6 Å². The van der Waals surface area contributed by atoms with Crippen LogP contribution in [0.4, 0.5) is 0 Å². The molecule has 2 rings (SSSR count). The van der Waals surface area contributed by atoms with Crippen molar-refractivity contribution < 1.29 is 4.79 Å². The van der Waals surface area contributed by atoms with Crippen LogP contribution < -0.4 is 10.6 Å². The number of hydrogen-bond donors (Lipinski definition) is 2. The van der Waals surface area contributed by atoms with Crippen LogP contribution in [0, 0.1) is 17.8 Å². The molecule has 0 aliphatic carbocycles. The number of hydrogen-bond acceptors (Lipinski definition) is 2. The van der Waals surface area contributed by atoms with Crippen LogP contribution in [0.2, 0.25) is 0 Å². The van der Waals surface area contributed by atoms with Gasteiger partial charge in [0.05, 0.1) is 0 Å². The molecule has 0 atom stereocenters. The minimum atomic E-state index is 0.0472. The summed E-state index contributed by atoms with van der Waals surface area (Å²) < 4.78 is 0. The molecule has 0 radical (unpaired) electrons. The van der Waals surface area contributed by atoms with Gasteiger partial charge in [-0.25, -0.2) is 0 Å². The lowest BCUT2D eigenvalue weighted by Gasteiger charge is -2.25. The first-order valence-corrected chi connectivity index (χ1v) is 7.59. The summed E-state index contributed by atoms with van der Waals surface area (Å²) >= 11 is 0. The predicted octanol–water partition coefficient (Wildman–Crippen LogP) is 2.95. The second-order valence-electron chi connectivity index (χ2n) is 6.45. The monoisotopic (exact) mass is 274 g/mol. The summed E-state index contributed by atoms with van der Waals surface area (Å²) in [5.41, 5.74) is 3.34. The van der Waals surface area contributed by atoms with E-state index in [1.807, 2.05) is 12.1 Å². The molecule has 3 nitrogen and oxygen atoms in total. The second kappa shape index (κ2) is 6.40. The molecule has 2 N–H and O–H groups in total. The van der Waals surface area contributed by atoms with Gasteiger partial charge in [0.1, 0.15) is 0 Å². The number of carbonyl (C=O) groups is 1. The largest absolute Gasteiger partial charge is 0.352 e. The Labute approximate surface area is 122 Å². The Morgan fingerprint density at radius 2 is 1.80 bits per heavy atom. The number of benzene rings is 1. The Kier molecular flexibility index (Phi) is 4.81. The summed E-state index contributed by atoms with van der Waals surface area (Å²) in [4.78, 5) is 12.3. The number of nitrogens with one attached hydrogen (secondary N) is 2. The Morgan fingerprint density at radius 1 is 1.15 bits per heavy atom. The Hall–Kier alpha value is -1.35. The van der Waals surface area contributed by atoms with Crippen molar-refractivity contribution in [3.8, 4) is 0 Å². The maximum Gasteiger partial charge on any atom is 0.251 e. The molecule has 0 spiro atoms. The van der Waals surface area contributed by atoms with Crippen LogP contribution in [0.1, 0.15) is 49.2 Å². The molecule has 1 heterocycles. The standard InChI is InChI=1S/C17H26N2O/c1-11(2)16(12(3)4)10-19-17(20)13-5-6-14-8-18-9-15(14)7-13/h5-7,11-12,16,18H,8-10H2,1-4H3,(H,19,20). The summed E-state index contributed by atoms with van der Waals surface area (Å²) in [5, 5.41) is 6.40. The topological polar surface area (TPSA) is 41.1 Å². The third-order valence-corrected chi connectivity index (χ3v) is 4.31. The van der Waals surface area contributed by atoms with E-state index in [0.717, 1.165) is 25.2 Å². The zero-order chi connectivity index (χ0) is 14.7. The molecule has 1 aromatic carbocycles. The Bertz CT molecular complexity index is 472. The molecule has 1 aliphatic heterocycles. The van der Waals surface area contributed by atoms with Crippen molar-refractivity contribution >= 4 is 5.91 Å². The average Bonchev–Trinajstić information content (AvgIpc) is 2.84. The third kappa shape index (κ3) is 3.40. The Balaban J connectivity index is 1.98. The van der Waals surface area contributed by atoms with Gasteiger partial charge in [-0.3, -0.25) is 4.79 Å². The number of rotatable bonds is 5. The minimum Gasteiger partial charge on any atom is -0.352 e. The van der Waals surface area contributed by atoms with E-state index >= 15 is 0 Å². The van der Waals surface area contributed by atoms with E-state index < -0.39 is 0 Å². The quantitative estimate of drug-likeness (QED) is 0.866. The molecule has 20 heavy (non-hydrogen) atoms. The molecule has 1 amide bonds. The van der Waals surface area contributed by atoms with E-state index in [4.69, 9.17) is 0 Å². The summed E-state index contributed by atoms with van der Waals surface area (Å²) in [6, 6.07) is 6.01. The molecule has 1 aliphatic rings. The van der Waals surface area contributed by atoms with Gasteiger partial charge in [-0.2, -0.15) is 0 Å². The summed E-state index contributed by atoms with van der Waals surface area (Å²) in [5.74, 6) is 1.74. The van der Waals surface area contributed by atoms with E-state index in [-0.39, 0.29) is 5.91 Å². The Morgan fingerprint density at radius 3 is 2.45 bits per heavy atom. The molecule has 0 saturated carbocycles. The highest BCUT2D eigenvalue weighted by Crippen LogP contribution is 2.20. The molecule has 0 aromatic heterocycles. The van der Waals surface area contributed by atoms with Crippen molar-refractivity contribution in [2.75, 3.05) is 6.54 Å². The SMILES string of the molecule is CC(C)C(CNC(=O)c1ccc2c(c1)CNC2)C(C)C. The smallest absolute Gasteiger partial charge is 0.251 e. The maximum absolute atomic E-state index is 12.3. The lowest BCUT2D eigenvalue weighted by molar-refractivity contribution is 0.0937. The fourth-order valence-corrected chi connectivity index (χ4v) is 2.99. The highest BCUT2D eigenvalue weighted by atomic mass is 16.1. The molecular formula is C17H26N2O. The van der Waals surface area contributed by atoms with E-state index in [1.54, 1.807) is 0 Å². The number of carbonyl (C=O) groups excluding carboxylic acids is 1. The molecular weight excluding hydrogens is 248 g/mol. The van der Waals surface area contributed by atoms with Crippen LogP contribution in [0.25, 0.3) is 0 Å². The number of fused-ring (bicyclic) bond motifs is 1. The zero-order valence-corrected chi connectivity index (χ0v) is 13.0. The maximum atomic E-state index is 12.3. The lowest BCUT2D eigenvalue weighted by atomic mass is 9.85. The van der Waals surface area contributed by atoms with Gasteiger partial charge in [0.15, 0.2) is 0 Å². The summed E-state index contributed by atoms with van der Waals surface area (Å²) in [6.07, 6.45) is 0. The number of amides is 1. The van der Waals surface area contributed by atoms with Crippen LogP contribution in [-0.4, -0.2) is 12.5 Å². The van der Waals surface area contributed by atoms with Gasteiger partial charge in [-0.1, -0.05) is 33.8 Å². The summed E-state index contributed by atoms with van der Waals surface area (Å²) in [6.45, 7) is 11.4. The second-order valence-corrected chi connectivity index (χ2v) is 6.45. The van der Waals surface area contributed by atoms with E-state index in [0.29, 0.717) is 17.8 Å². The van der Waals surface area contributed by atoms with Crippen LogP contribution in [0.3, 0.4) is 0 Å². The highest BCUT2D eigenvalue weighted by molar-refractivity contribution is 5.94.